The molecule has 3 atom stereocenters. The van der Waals surface area contributed by atoms with E-state index < -0.39 is 12.4 Å². The molecule has 0 aliphatic carbocycles. The van der Waals surface area contributed by atoms with E-state index in [4.69, 9.17) is 14.9 Å². The van der Waals surface area contributed by atoms with Gasteiger partial charge in [0, 0.05) is 6.42 Å². The maximum Gasteiger partial charge on any atom is 0.155 e. The second-order valence-corrected chi connectivity index (χ2v) is 2.45. The molecule has 1 saturated heterocycles. The third-order valence-electron chi connectivity index (χ3n) is 1.57. The number of rotatable bonds is 1. The van der Waals surface area contributed by atoms with Gasteiger partial charge in [0.15, 0.2) is 6.29 Å². The molecule has 0 spiro atoms. The molecule has 0 aromatic heterocycles. The van der Waals surface area contributed by atoms with E-state index in [-0.39, 0.29) is 6.10 Å². The van der Waals surface area contributed by atoms with Crippen LogP contribution in [-0.2, 0) is 4.74 Å². The summed E-state index contributed by atoms with van der Waals surface area (Å²) >= 11 is 0. The van der Waals surface area contributed by atoms with Gasteiger partial charge in [-0.2, -0.15) is 0 Å². The SMILES string of the molecule is CC(O)C1CCC(O)O1. The van der Waals surface area contributed by atoms with Crippen molar-refractivity contribution in [3.8, 4) is 0 Å². The molecule has 0 radical (unpaired) electrons. The van der Waals surface area contributed by atoms with Crippen molar-refractivity contribution < 1.29 is 14.9 Å². The summed E-state index contributed by atoms with van der Waals surface area (Å²) in [6.07, 6.45) is 0.153. The van der Waals surface area contributed by atoms with Gasteiger partial charge >= 0.3 is 0 Å². The molecule has 3 unspecified atom stereocenters. The molecule has 0 saturated carbocycles. The Morgan fingerprint density at radius 1 is 1.56 bits per heavy atom. The Balaban J connectivity index is 2.30. The van der Waals surface area contributed by atoms with Crippen LogP contribution in [0, 0.1) is 0 Å². The molecule has 1 aliphatic heterocycles. The van der Waals surface area contributed by atoms with Gasteiger partial charge in [0.1, 0.15) is 0 Å². The van der Waals surface area contributed by atoms with Crippen LogP contribution in [0.4, 0.5) is 0 Å². The highest BCUT2D eigenvalue weighted by molar-refractivity contribution is 4.71. The van der Waals surface area contributed by atoms with E-state index >= 15 is 0 Å². The van der Waals surface area contributed by atoms with Gasteiger partial charge in [0.05, 0.1) is 12.2 Å². The lowest BCUT2D eigenvalue weighted by Gasteiger charge is -2.12. The summed E-state index contributed by atoms with van der Waals surface area (Å²) in [5, 5.41) is 17.7. The van der Waals surface area contributed by atoms with Gasteiger partial charge in [0.2, 0.25) is 0 Å². The van der Waals surface area contributed by atoms with Crippen LogP contribution >= 0.6 is 0 Å². The summed E-state index contributed by atoms with van der Waals surface area (Å²) in [6, 6.07) is 0. The number of aliphatic hydroxyl groups excluding tert-OH is 2. The first-order valence-electron chi connectivity index (χ1n) is 3.21. The minimum Gasteiger partial charge on any atom is -0.391 e. The molecule has 0 amide bonds. The Hall–Kier alpha value is -0.120. The first-order valence-corrected chi connectivity index (χ1v) is 3.21. The number of hydrogen-bond donors (Lipinski definition) is 2. The Bertz CT molecular complexity index is 92.3. The lowest BCUT2D eigenvalue weighted by Crippen LogP contribution is -2.22. The van der Waals surface area contributed by atoms with Gasteiger partial charge in [0.25, 0.3) is 0 Å². The van der Waals surface area contributed by atoms with Gasteiger partial charge in [-0.15, -0.1) is 0 Å². The molecule has 0 aromatic carbocycles. The summed E-state index contributed by atoms with van der Waals surface area (Å²) in [7, 11) is 0. The predicted octanol–water partition coefficient (Wildman–Crippen LogP) is -0.135. The van der Waals surface area contributed by atoms with Gasteiger partial charge in [-0.05, 0) is 13.3 Å². The van der Waals surface area contributed by atoms with Crippen LogP contribution in [0.25, 0.3) is 0 Å². The fourth-order valence-electron chi connectivity index (χ4n) is 1.000. The molecule has 1 fully saturated rings. The lowest BCUT2D eigenvalue weighted by atomic mass is 10.1. The Morgan fingerprint density at radius 2 is 2.22 bits per heavy atom. The van der Waals surface area contributed by atoms with Gasteiger partial charge < -0.3 is 14.9 Å². The average Bonchev–Trinajstić information content (AvgIpc) is 2.14. The van der Waals surface area contributed by atoms with E-state index in [1.165, 1.54) is 0 Å². The third kappa shape index (κ3) is 1.64. The number of aliphatic hydroxyl groups is 2. The summed E-state index contributed by atoms with van der Waals surface area (Å²) < 4.78 is 4.93. The average molecular weight is 132 g/mol. The number of hydrogen-bond acceptors (Lipinski definition) is 3. The maximum atomic E-state index is 8.93. The first kappa shape index (κ1) is 6.99. The third-order valence-corrected chi connectivity index (χ3v) is 1.57. The zero-order valence-electron chi connectivity index (χ0n) is 5.45. The summed E-state index contributed by atoms with van der Waals surface area (Å²) in [4.78, 5) is 0. The molecule has 1 heterocycles. The topological polar surface area (TPSA) is 49.7 Å². The normalized spacial score (nSPS) is 39.0. The zero-order valence-corrected chi connectivity index (χ0v) is 5.45. The maximum absolute atomic E-state index is 8.93. The lowest BCUT2D eigenvalue weighted by molar-refractivity contribution is -0.117. The monoisotopic (exact) mass is 132 g/mol. The van der Waals surface area contributed by atoms with Crippen LogP contribution in [-0.4, -0.2) is 28.7 Å². The second-order valence-electron chi connectivity index (χ2n) is 2.45. The molecule has 0 bridgehead atoms. The van der Waals surface area contributed by atoms with E-state index in [0.717, 1.165) is 6.42 Å². The molecule has 0 aromatic rings. The van der Waals surface area contributed by atoms with Crippen molar-refractivity contribution in [1.29, 1.82) is 0 Å². The van der Waals surface area contributed by atoms with Gasteiger partial charge in [-0.3, -0.25) is 0 Å². The standard InChI is InChI=1S/C6H12O3/c1-4(7)5-2-3-6(8)9-5/h4-8H,2-3H2,1H3. The van der Waals surface area contributed by atoms with Crippen molar-refractivity contribution in [2.45, 2.75) is 38.3 Å². The van der Waals surface area contributed by atoms with Crippen LogP contribution in [0.2, 0.25) is 0 Å². The van der Waals surface area contributed by atoms with Crippen molar-refractivity contribution in [2.75, 3.05) is 0 Å². The fraction of sp³-hybridized carbons (Fsp3) is 1.00. The molecule has 9 heavy (non-hydrogen) atoms. The quantitative estimate of drug-likeness (QED) is 0.522. The second kappa shape index (κ2) is 2.64. The molecule has 54 valence electrons. The van der Waals surface area contributed by atoms with Gasteiger partial charge in [-0.25, -0.2) is 0 Å². The van der Waals surface area contributed by atoms with Crippen molar-refractivity contribution in [3.63, 3.8) is 0 Å². The Kier molecular flexibility index (Phi) is 2.05. The first-order chi connectivity index (χ1) is 4.20. The minimum absolute atomic E-state index is 0.153. The van der Waals surface area contributed by atoms with Crippen molar-refractivity contribution >= 4 is 0 Å². The highest BCUT2D eigenvalue weighted by atomic mass is 16.6. The van der Waals surface area contributed by atoms with E-state index in [1.54, 1.807) is 6.92 Å². The van der Waals surface area contributed by atoms with Crippen molar-refractivity contribution in [1.82, 2.24) is 0 Å². The molecular formula is C6H12O3. The highest BCUT2D eigenvalue weighted by Gasteiger charge is 2.26. The molecular weight excluding hydrogens is 120 g/mol. The van der Waals surface area contributed by atoms with E-state index in [2.05, 4.69) is 0 Å². The highest BCUT2D eigenvalue weighted by Crippen LogP contribution is 2.19. The van der Waals surface area contributed by atoms with Crippen LogP contribution in [0.1, 0.15) is 19.8 Å². The van der Waals surface area contributed by atoms with Crippen molar-refractivity contribution in [3.05, 3.63) is 0 Å². The summed E-state index contributed by atoms with van der Waals surface area (Å²) in [6.45, 7) is 1.67. The molecule has 2 N–H and O–H groups in total. The van der Waals surface area contributed by atoms with Gasteiger partial charge in [-0.1, -0.05) is 0 Å². The molecule has 1 aliphatic rings. The summed E-state index contributed by atoms with van der Waals surface area (Å²) in [5.41, 5.74) is 0. The van der Waals surface area contributed by atoms with Crippen LogP contribution in [0.3, 0.4) is 0 Å². The largest absolute Gasteiger partial charge is 0.391 e. The van der Waals surface area contributed by atoms with Crippen LogP contribution in [0.5, 0.6) is 0 Å². The van der Waals surface area contributed by atoms with E-state index in [0.29, 0.717) is 6.42 Å². The Labute approximate surface area is 54.3 Å². The fourth-order valence-corrected chi connectivity index (χ4v) is 1.000. The van der Waals surface area contributed by atoms with E-state index in [1.807, 2.05) is 0 Å². The Morgan fingerprint density at radius 3 is 2.44 bits per heavy atom. The molecule has 3 heteroatoms. The zero-order chi connectivity index (χ0) is 6.85. The smallest absolute Gasteiger partial charge is 0.155 e. The molecule has 3 nitrogen and oxygen atoms in total. The van der Waals surface area contributed by atoms with Crippen LogP contribution < -0.4 is 0 Å². The predicted molar refractivity (Wildman–Crippen MR) is 31.8 cm³/mol. The van der Waals surface area contributed by atoms with Crippen molar-refractivity contribution in [2.24, 2.45) is 0 Å². The minimum atomic E-state index is -0.649. The molecule has 1 rings (SSSR count). The number of ether oxygens (including phenoxy) is 1. The summed E-state index contributed by atoms with van der Waals surface area (Å²) in [5.74, 6) is 0. The van der Waals surface area contributed by atoms with E-state index in [9.17, 15) is 0 Å². The van der Waals surface area contributed by atoms with Crippen LogP contribution in [0.15, 0.2) is 0 Å².